The predicted octanol–water partition coefficient (Wildman–Crippen LogP) is 3.72. The number of benzene rings is 1. The van der Waals surface area contributed by atoms with E-state index in [1.807, 2.05) is 29.3 Å². The van der Waals surface area contributed by atoms with Crippen LogP contribution in [0.1, 0.15) is 42.1 Å². The van der Waals surface area contributed by atoms with Gasteiger partial charge in [-0.05, 0) is 67.5 Å². The fourth-order valence-corrected chi connectivity index (χ4v) is 5.29. The molecule has 6 heteroatoms. The summed E-state index contributed by atoms with van der Waals surface area (Å²) in [5.74, 6) is 1.95. The van der Waals surface area contributed by atoms with Crippen LogP contribution in [0, 0.1) is 0 Å². The summed E-state index contributed by atoms with van der Waals surface area (Å²) in [5.41, 5.74) is 3.82. The molecule has 1 aliphatic heterocycles. The summed E-state index contributed by atoms with van der Waals surface area (Å²) in [6.45, 7) is 1.58. The Morgan fingerprint density at radius 3 is 3.00 bits per heavy atom. The first kappa shape index (κ1) is 17.7. The molecule has 2 aliphatic rings. The van der Waals surface area contributed by atoms with Crippen molar-refractivity contribution in [2.75, 3.05) is 18.8 Å². The van der Waals surface area contributed by atoms with Crippen LogP contribution in [0.5, 0.6) is 0 Å². The molecule has 5 rings (SSSR count). The molecule has 1 saturated heterocycles. The van der Waals surface area contributed by atoms with E-state index in [9.17, 15) is 4.79 Å². The summed E-state index contributed by atoms with van der Waals surface area (Å²) >= 11 is 1.67. The van der Waals surface area contributed by atoms with E-state index >= 15 is 0 Å². The molecule has 1 unspecified atom stereocenters. The third-order valence-electron chi connectivity index (χ3n) is 5.91. The molecule has 1 amide bonds. The highest BCUT2D eigenvalue weighted by Crippen LogP contribution is 2.29. The van der Waals surface area contributed by atoms with Crippen LogP contribution in [0.4, 0.5) is 0 Å². The van der Waals surface area contributed by atoms with Crippen LogP contribution < -0.4 is 0 Å². The Labute approximate surface area is 169 Å². The van der Waals surface area contributed by atoms with Gasteiger partial charge in [-0.2, -0.15) is 0 Å². The molecule has 3 heterocycles. The van der Waals surface area contributed by atoms with E-state index in [-0.39, 0.29) is 11.8 Å². The number of piperidine rings is 1. The summed E-state index contributed by atoms with van der Waals surface area (Å²) < 4.78 is 2.05. The first-order chi connectivity index (χ1) is 13.8. The lowest BCUT2D eigenvalue weighted by atomic mass is 9.97. The number of fused-ring (bicyclic) bond motifs is 2. The van der Waals surface area contributed by atoms with Crippen molar-refractivity contribution in [3.63, 3.8) is 0 Å². The van der Waals surface area contributed by atoms with Crippen LogP contribution >= 0.6 is 11.8 Å². The van der Waals surface area contributed by atoms with Gasteiger partial charge in [0.2, 0.25) is 5.91 Å². The van der Waals surface area contributed by atoms with Gasteiger partial charge in [-0.15, -0.1) is 22.0 Å². The second kappa shape index (κ2) is 7.59. The highest BCUT2D eigenvalue weighted by Gasteiger charge is 2.27. The first-order valence-electron chi connectivity index (χ1n) is 10.1. The van der Waals surface area contributed by atoms with Crippen molar-refractivity contribution in [2.24, 2.45) is 0 Å². The number of hydrogen-bond donors (Lipinski definition) is 0. The van der Waals surface area contributed by atoms with Crippen molar-refractivity contribution in [1.82, 2.24) is 19.5 Å². The molecule has 1 atom stereocenters. The van der Waals surface area contributed by atoms with Crippen molar-refractivity contribution >= 4 is 23.3 Å². The minimum Gasteiger partial charge on any atom is -0.341 e. The Bertz CT molecular complexity index is 1010. The van der Waals surface area contributed by atoms with Crippen LogP contribution in [-0.4, -0.2) is 44.2 Å². The highest BCUT2D eigenvalue weighted by molar-refractivity contribution is 8.00. The molecule has 2 aromatic heterocycles. The number of amides is 1. The topological polar surface area (TPSA) is 50.5 Å². The number of nitrogens with zero attached hydrogens (tertiary/aromatic N) is 4. The number of likely N-dealkylation sites (tertiary alicyclic amines) is 1. The molecule has 1 aliphatic carbocycles. The molecule has 3 aromatic rings. The lowest BCUT2D eigenvalue weighted by Crippen LogP contribution is -2.40. The van der Waals surface area contributed by atoms with Gasteiger partial charge in [-0.25, -0.2) is 0 Å². The quantitative estimate of drug-likeness (QED) is 0.635. The van der Waals surface area contributed by atoms with Gasteiger partial charge in [0.25, 0.3) is 0 Å². The van der Waals surface area contributed by atoms with Gasteiger partial charge in [-0.1, -0.05) is 12.1 Å². The lowest BCUT2D eigenvalue weighted by molar-refractivity contribution is -0.129. The number of aromatic nitrogens is 3. The van der Waals surface area contributed by atoms with E-state index in [1.165, 1.54) is 35.3 Å². The average Bonchev–Trinajstić information content (AvgIpc) is 3.38. The molecule has 0 spiro atoms. The van der Waals surface area contributed by atoms with Crippen molar-refractivity contribution in [1.29, 1.82) is 0 Å². The molecule has 0 N–H and O–H groups in total. The maximum Gasteiger partial charge on any atom is 0.232 e. The number of carbonyl (C=O) groups excluding carboxylic acids is 1. The largest absolute Gasteiger partial charge is 0.341 e. The van der Waals surface area contributed by atoms with E-state index in [4.69, 9.17) is 0 Å². The number of aryl methyl sites for hydroxylation is 2. The Balaban J connectivity index is 1.24. The van der Waals surface area contributed by atoms with Gasteiger partial charge in [0.1, 0.15) is 5.82 Å². The van der Waals surface area contributed by atoms with Gasteiger partial charge in [0, 0.05) is 30.1 Å². The smallest absolute Gasteiger partial charge is 0.232 e. The second-order valence-corrected chi connectivity index (χ2v) is 8.79. The fraction of sp³-hybridized carbons (Fsp3) is 0.409. The summed E-state index contributed by atoms with van der Waals surface area (Å²) in [6.07, 6.45) is 7.71. The molecule has 0 radical (unpaired) electrons. The van der Waals surface area contributed by atoms with Crippen LogP contribution in [0.25, 0.3) is 5.65 Å². The maximum absolute atomic E-state index is 12.8. The zero-order valence-electron chi connectivity index (χ0n) is 15.9. The normalized spacial score (nSPS) is 19.1. The minimum atomic E-state index is 0.226. The Hall–Kier alpha value is -2.34. The van der Waals surface area contributed by atoms with Crippen molar-refractivity contribution < 1.29 is 4.79 Å². The second-order valence-electron chi connectivity index (χ2n) is 7.74. The van der Waals surface area contributed by atoms with Crippen molar-refractivity contribution in [3.8, 4) is 0 Å². The predicted molar refractivity (Wildman–Crippen MR) is 111 cm³/mol. The standard InChI is InChI=1S/C22H24N4OS/c27-21(15-28-19-10-9-16-5-3-6-17(16)13-19)25-11-4-7-18(14-25)22-24-23-20-8-1-2-12-26(20)22/h1-2,8-10,12-13,18H,3-7,11,14-15H2. The van der Waals surface area contributed by atoms with Gasteiger partial charge >= 0.3 is 0 Å². The summed E-state index contributed by atoms with van der Waals surface area (Å²) in [6, 6.07) is 12.6. The van der Waals surface area contributed by atoms with Crippen molar-refractivity contribution in [3.05, 3.63) is 59.5 Å². The molecule has 144 valence electrons. The summed E-state index contributed by atoms with van der Waals surface area (Å²) in [7, 11) is 0. The molecule has 1 fully saturated rings. The zero-order chi connectivity index (χ0) is 18.9. The first-order valence-corrected chi connectivity index (χ1v) is 11.1. The summed E-state index contributed by atoms with van der Waals surface area (Å²) in [4.78, 5) is 16.1. The van der Waals surface area contributed by atoms with Crippen LogP contribution in [0.2, 0.25) is 0 Å². The maximum atomic E-state index is 12.8. The molecule has 1 aromatic carbocycles. The summed E-state index contributed by atoms with van der Waals surface area (Å²) in [5, 5.41) is 8.68. The van der Waals surface area contributed by atoms with Gasteiger partial charge in [0.05, 0.1) is 5.75 Å². The molecule has 5 nitrogen and oxygen atoms in total. The van der Waals surface area contributed by atoms with E-state index < -0.39 is 0 Å². The number of carbonyl (C=O) groups is 1. The monoisotopic (exact) mass is 392 g/mol. The SMILES string of the molecule is O=C(CSc1ccc2c(c1)CCC2)N1CCCC(c2nnc3ccccn23)C1. The average molecular weight is 393 g/mol. The van der Waals surface area contributed by atoms with Crippen LogP contribution in [0.3, 0.4) is 0 Å². The number of rotatable bonds is 4. The number of thioether (sulfide) groups is 1. The number of pyridine rings is 1. The third kappa shape index (κ3) is 3.41. The van der Waals surface area contributed by atoms with E-state index in [0.29, 0.717) is 5.75 Å². The zero-order valence-corrected chi connectivity index (χ0v) is 16.7. The molecule has 0 bridgehead atoms. The molecular weight excluding hydrogens is 368 g/mol. The van der Waals surface area contributed by atoms with Crippen LogP contribution in [0.15, 0.2) is 47.5 Å². The fourth-order valence-electron chi connectivity index (χ4n) is 4.43. The molecule has 0 saturated carbocycles. The highest BCUT2D eigenvalue weighted by atomic mass is 32.2. The van der Waals surface area contributed by atoms with E-state index in [2.05, 4.69) is 32.8 Å². The van der Waals surface area contributed by atoms with Gasteiger partial charge in [-0.3, -0.25) is 9.20 Å². The minimum absolute atomic E-state index is 0.226. The molecular formula is C22H24N4OS. The van der Waals surface area contributed by atoms with E-state index in [0.717, 1.165) is 37.4 Å². The van der Waals surface area contributed by atoms with E-state index in [1.54, 1.807) is 11.8 Å². The molecule has 28 heavy (non-hydrogen) atoms. The van der Waals surface area contributed by atoms with Gasteiger partial charge < -0.3 is 4.90 Å². The number of hydrogen-bond acceptors (Lipinski definition) is 4. The Morgan fingerprint density at radius 1 is 1.11 bits per heavy atom. The van der Waals surface area contributed by atoms with Crippen molar-refractivity contribution in [2.45, 2.75) is 42.9 Å². The third-order valence-corrected chi connectivity index (χ3v) is 6.89. The van der Waals surface area contributed by atoms with Gasteiger partial charge in [0.15, 0.2) is 5.65 Å². The lowest BCUT2D eigenvalue weighted by Gasteiger charge is -2.32. The van der Waals surface area contributed by atoms with Crippen LogP contribution in [-0.2, 0) is 17.6 Å². The Morgan fingerprint density at radius 2 is 2.04 bits per heavy atom. The Kier molecular flexibility index (Phi) is 4.81.